The van der Waals surface area contributed by atoms with E-state index in [-0.39, 0.29) is 23.1 Å². The summed E-state index contributed by atoms with van der Waals surface area (Å²) in [6.45, 7) is 0.144. The molecule has 0 aliphatic heterocycles. The van der Waals surface area contributed by atoms with Crippen LogP contribution in [0.4, 0.5) is 10.2 Å². The molecule has 0 aliphatic carbocycles. The van der Waals surface area contributed by atoms with Crippen LogP contribution in [-0.2, 0) is 16.6 Å². The molecule has 20 heavy (non-hydrogen) atoms. The Bertz CT molecular complexity index is 702. The van der Waals surface area contributed by atoms with Crippen molar-refractivity contribution in [3.63, 3.8) is 0 Å². The van der Waals surface area contributed by atoms with E-state index in [0.717, 1.165) is 0 Å². The summed E-state index contributed by atoms with van der Waals surface area (Å²) >= 11 is 0. The van der Waals surface area contributed by atoms with Crippen LogP contribution in [0.5, 0.6) is 0 Å². The highest BCUT2D eigenvalue weighted by Gasteiger charge is 2.21. The molecule has 1 aromatic carbocycles. The summed E-state index contributed by atoms with van der Waals surface area (Å²) in [5, 5.41) is 0. The molecule has 0 atom stereocenters. The summed E-state index contributed by atoms with van der Waals surface area (Å²) in [7, 11) is -2.20. The Kier molecular flexibility index (Phi) is 4.01. The zero-order valence-electron chi connectivity index (χ0n) is 10.8. The summed E-state index contributed by atoms with van der Waals surface area (Å²) in [6.07, 6.45) is 1.34. The van der Waals surface area contributed by atoms with Gasteiger partial charge in [-0.05, 0) is 23.8 Å². The van der Waals surface area contributed by atoms with Crippen LogP contribution in [0.3, 0.4) is 0 Å². The number of sulfonamides is 1. The van der Waals surface area contributed by atoms with Gasteiger partial charge in [0.05, 0.1) is 4.90 Å². The molecule has 1 heterocycles. The molecule has 0 bridgehead atoms. The number of halogens is 1. The molecule has 1 aromatic heterocycles. The zero-order chi connectivity index (χ0) is 14.8. The van der Waals surface area contributed by atoms with Crippen LogP contribution < -0.4 is 5.73 Å². The third kappa shape index (κ3) is 3.12. The van der Waals surface area contributed by atoms with E-state index in [1.807, 2.05) is 0 Å². The molecule has 0 fully saturated rings. The number of nitrogens with zero attached hydrogens (tertiary/aromatic N) is 2. The van der Waals surface area contributed by atoms with Crippen molar-refractivity contribution >= 4 is 15.8 Å². The lowest BCUT2D eigenvalue weighted by Gasteiger charge is -2.17. The summed E-state index contributed by atoms with van der Waals surface area (Å²) in [5.74, 6) is -0.220. The fourth-order valence-corrected chi connectivity index (χ4v) is 2.88. The maximum absolute atomic E-state index is 12.8. The molecule has 0 saturated carbocycles. The number of hydrogen-bond acceptors (Lipinski definition) is 4. The molecular formula is C13H14FN3O2S. The summed E-state index contributed by atoms with van der Waals surface area (Å²) < 4.78 is 38.6. The van der Waals surface area contributed by atoms with Crippen molar-refractivity contribution in [1.82, 2.24) is 9.29 Å². The second kappa shape index (κ2) is 5.56. The van der Waals surface area contributed by atoms with Crippen LogP contribution in [0.1, 0.15) is 5.56 Å². The molecule has 2 aromatic rings. The van der Waals surface area contributed by atoms with Crippen molar-refractivity contribution in [1.29, 1.82) is 0 Å². The van der Waals surface area contributed by atoms with Gasteiger partial charge in [-0.25, -0.2) is 17.8 Å². The molecule has 5 nitrogen and oxygen atoms in total. The van der Waals surface area contributed by atoms with E-state index in [1.165, 1.54) is 41.8 Å². The average molecular weight is 295 g/mol. The second-order valence-electron chi connectivity index (χ2n) is 4.30. The van der Waals surface area contributed by atoms with Crippen molar-refractivity contribution in [3.05, 3.63) is 54.0 Å². The smallest absolute Gasteiger partial charge is 0.243 e. The standard InChI is InChI=1S/C13H14FN3O2S/c1-17(9-10-2-4-11(14)5-3-10)20(18,19)12-6-7-16-13(15)8-12/h2-8H,9H2,1H3,(H2,15,16). The van der Waals surface area contributed by atoms with E-state index >= 15 is 0 Å². The van der Waals surface area contributed by atoms with Crippen LogP contribution >= 0.6 is 0 Å². The Balaban J connectivity index is 2.23. The number of hydrogen-bond donors (Lipinski definition) is 1. The average Bonchev–Trinajstić information content (AvgIpc) is 2.41. The van der Waals surface area contributed by atoms with Gasteiger partial charge in [0, 0.05) is 25.9 Å². The molecule has 0 radical (unpaired) electrons. The predicted molar refractivity (Wildman–Crippen MR) is 73.7 cm³/mol. The van der Waals surface area contributed by atoms with E-state index in [1.54, 1.807) is 12.1 Å². The molecule has 0 aliphatic rings. The quantitative estimate of drug-likeness (QED) is 0.930. The van der Waals surface area contributed by atoms with Crippen molar-refractivity contribution in [2.24, 2.45) is 0 Å². The van der Waals surface area contributed by atoms with E-state index in [0.29, 0.717) is 5.56 Å². The van der Waals surface area contributed by atoms with E-state index < -0.39 is 10.0 Å². The highest BCUT2D eigenvalue weighted by molar-refractivity contribution is 7.89. The molecule has 0 saturated heterocycles. The monoisotopic (exact) mass is 295 g/mol. The van der Waals surface area contributed by atoms with Crippen LogP contribution in [0, 0.1) is 5.82 Å². The van der Waals surface area contributed by atoms with Crippen molar-refractivity contribution in [3.8, 4) is 0 Å². The summed E-state index contributed by atoms with van der Waals surface area (Å²) in [6, 6.07) is 8.36. The molecule has 0 amide bonds. The predicted octanol–water partition coefficient (Wildman–Crippen LogP) is 1.62. The Morgan fingerprint density at radius 3 is 2.50 bits per heavy atom. The topological polar surface area (TPSA) is 76.3 Å². The Morgan fingerprint density at radius 1 is 1.25 bits per heavy atom. The number of benzene rings is 1. The van der Waals surface area contributed by atoms with Crippen LogP contribution in [0.2, 0.25) is 0 Å². The van der Waals surface area contributed by atoms with Gasteiger partial charge in [-0.3, -0.25) is 0 Å². The molecular weight excluding hydrogens is 281 g/mol. The minimum Gasteiger partial charge on any atom is -0.384 e. The maximum atomic E-state index is 12.8. The van der Waals surface area contributed by atoms with E-state index in [9.17, 15) is 12.8 Å². The third-order valence-corrected chi connectivity index (χ3v) is 4.58. The SMILES string of the molecule is CN(Cc1ccc(F)cc1)S(=O)(=O)c1ccnc(N)c1. The number of rotatable bonds is 4. The van der Waals surface area contributed by atoms with Gasteiger partial charge in [0.1, 0.15) is 11.6 Å². The third-order valence-electron chi connectivity index (χ3n) is 2.78. The Hall–Kier alpha value is -1.99. The van der Waals surface area contributed by atoms with Gasteiger partial charge in [0.25, 0.3) is 0 Å². The first-order valence-corrected chi connectivity index (χ1v) is 7.26. The van der Waals surface area contributed by atoms with Gasteiger partial charge in [0.2, 0.25) is 10.0 Å². The molecule has 2 rings (SSSR count). The van der Waals surface area contributed by atoms with Crippen LogP contribution in [-0.4, -0.2) is 24.8 Å². The summed E-state index contributed by atoms with van der Waals surface area (Å²) in [5.41, 5.74) is 6.18. The van der Waals surface area contributed by atoms with Gasteiger partial charge in [-0.2, -0.15) is 4.31 Å². The number of aromatic nitrogens is 1. The highest BCUT2D eigenvalue weighted by atomic mass is 32.2. The van der Waals surface area contributed by atoms with Crippen molar-refractivity contribution < 1.29 is 12.8 Å². The lowest BCUT2D eigenvalue weighted by molar-refractivity contribution is 0.466. The zero-order valence-corrected chi connectivity index (χ0v) is 11.6. The molecule has 0 spiro atoms. The van der Waals surface area contributed by atoms with E-state index in [4.69, 9.17) is 5.73 Å². The normalized spacial score (nSPS) is 11.8. The van der Waals surface area contributed by atoms with Gasteiger partial charge in [0.15, 0.2) is 0 Å². The fraction of sp³-hybridized carbons (Fsp3) is 0.154. The number of anilines is 1. The first-order chi connectivity index (χ1) is 9.39. The highest BCUT2D eigenvalue weighted by Crippen LogP contribution is 2.17. The molecule has 106 valence electrons. The first-order valence-electron chi connectivity index (χ1n) is 5.82. The molecule has 7 heteroatoms. The van der Waals surface area contributed by atoms with Crippen molar-refractivity contribution in [2.75, 3.05) is 12.8 Å². The lowest BCUT2D eigenvalue weighted by Crippen LogP contribution is -2.26. The number of nitrogen functional groups attached to an aromatic ring is 1. The Labute approximate surface area is 116 Å². The van der Waals surface area contributed by atoms with E-state index in [2.05, 4.69) is 4.98 Å². The molecule has 2 N–H and O–H groups in total. The van der Waals surface area contributed by atoms with Crippen molar-refractivity contribution in [2.45, 2.75) is 11.4 Å². The largest absolute Gasteiger partial charge is 0.384 e. The van der Waals surface area contributed by atoms with Gasteiger partial charge < -0.3 is 5.73 Å². The van der Waals surface area contributed by atoms with Gasteiger partial charge in [-0.1, -0.05) is 12.1 Å². The lowest BCUT2D eigenvalue weighted by atomic mass is 10.2. The number of nitrogens with two attached hydrogens (primary N) is 1. The van der Waals surface area contributed by atoms with Crippen LogP contribution in [0.15, 0.2) is 47.5 Å². The number of pyridine rings is 1. The van der Waals surface area contributed by atoms with Crippen LogP contribution in [0.25, 0.3) is 0 Å². The van der Waals surface area contributed by atoms with Gasteiger partial charge in [-0.15, -0.1) is 0 Å². The van der Waals surface area contributed by atoms with Gasteiger partial charge >= 0.3 is 0 Å². The maximum Gasteiger partial charge on any atom is 0.243 e. The summed E-state index contributed by atoms with van der Waals surface area (Å²) in [4.78, 5) is 3.84. The minimum absolute atomic E-state index is 0.0783. The molecule has 0 unspecified atom stereocenters. The first kappa shape index (κ1) is 14.4. The fourth-order valence-electron chi connectivity index (χ4n) is 1.70. The Morgan fingerprint density at radius 2 is 1.90 bits per heavy atom. The minimum atomic E-state index is -3.65. The second-order valence-corrected chi connectivity index (χ2v) is 6.35.